The lowest BCUT2D eigenvalue weighted by molar-refractivity contribution is 0.0937. The van der Waals surface area contributed by atoms with Crippen molar-refractivity contribution in [1.82, 2.24) is 5.32 Å². The lowest BCUT2D eigenvalue weighted by Gasteiger charge is -2.08. The molecule has 5 heteroatoms. The van der Waals surface area contributed by atoms with Crippen LogP contribution in [0.15, 0.2) is 42.5 Å². The molecule has 0 spiro atoms. The smallest absolute Gasteiger partial charge is 0.251 e. The number of amides is 1. The van der Waals surface area contributed by atoms with E-state index in [0.717, 1.165) is 11.1 Å². The van der Waals surface area contributed by atoms with Crippen molar-refractivity contribution in [2.75, 3.05) is 20.3 Å². The Bertz CT molecular complexity index is 643. The Balaban J connectivity index is 2.20. The Hall–Kier alpha value is -2.04. The quantitative estimate of drug-likeness (QED) is 0.835. The van der Waals surface area contributed by atoms with Crippen LogP contribution in [0.25, 0.3) is 11.1 Å². The summed E-state index contributed by atoms with van der Waals surface area (Å²) in [6.07, 6.45) is 0. The average molecular weight is 306 g/mol. The number of benzene rings is 2. The first kappa shape index (κ1) is 15.4. The van der Waals surface area contributed by atoms with Crippen molar-refractivity contribution in [3.05, 3.63) is 53.1 Å². The molecule has 0 bridgehead atoms. The number of halogens is 1. The molecular formula is C16H16ClNO3. The summed E-state index contributed by atoms with van der Waals surface area (Å²) in [7, 11) is 1.58. The molecule has 0 aromatic heterocycles. The molecule has 2 rings (SSSR count). The second-order valence-electron chi connectivity index (χ2n) is 4.50. The molecule has 2 N–H and O–H groups in total. The number of hydrogen-bond donors (Lipinski definition) is 2. The Kier molecular flexibility index (Phi) is 5.20. The maximum atomic E-state index is 12.0. The summed E-state index contributed by atoms with van der Waals surface area (Å²) in [5.41, 5.74) is 2.26. The fourth-order valence-corrected chi connectivity index (χ4v) is 2.08. The zero-order valence-corrected chi connectivity index (χ0v) is 12.4. The molecule has 0 atom stereocenters. The number of aromatic hydroxyl groups is 1. The molecule has 0 aliphatic carbocycles. The van der Waals surface area contributed by atoms with Gasteiger partial charge in [0.1, 0.15) is 5.75 Å². The van der Waals surface area contributed by atoms with Gasteiger partial charge in [0.25, 0.3) is 5.91 Å². The maximum Gasteiger partial charge on any atom is 0.251 e. The molecule has 110 valence electrons. The predicted octanol–water partition coefficient (Wildman–Crippen LogP) is 3.09. The molecule has 0 aliphatic heterocycles. The summed E-state index contributed by atoms with van der Waals surface area (Å²) >= 11 is 5.91. The second-order valence-corrected chi connectivity index (χ2v) is 4.90. The van der Waals surface area contributed by atoms with E-state index in [1.807, 2.05) is 6.07 Å². The number of phenols is 1. The van der Waals surface area contributed by atoms with Crippen LogP contribution in [-0.4, -0.2) is 31.3 Å². The maximum absolute atomic E-state index is 12.0. The highest BCUT2D eigenvalue weighted by atomic mass is 35.5. The Morgan fingerprint density at radius 1 is 1.24 bits per heavy atom. The molecular weight excluding hydrogens is 290 g/mol. The molecule has 1 amide bonds. The standard InChI is InChI=1S/C16H16ClNO3/c1-21-8-7-18-16(20)13-4-2-3-11(9-13)12-5-6-15(19)14(17)10-12/h2-6,9-10,19H,7-8H2,1H3,(H,18,20). The number of rotatable bonds is 5. The van der Waals surface area contributed by atoms with Crippen molar-refractivity contribution in [2.45, 2.75) is 0 Å². The third kappa shape index (κ3) is 3.97. The minimum Gasteiger partial charge on any atom is -0.506 e. The summed E-state index contributed by atoms with van der Waals surface area (Å²) in [6.45, 7) is 0.934. The highest BCUT2D eigenvalue weighted by Crippen LogP contribution is 2.29. The van der Waals surface area contributed by atoms with Crippen LogP contribution in [-0.2, 0) is 4.74 Å². The molecule has 0 aliphatic rings. The van der Waals surface area contributed by atoms with E-state index in [1.54, 1.807) is 37.4 Å². The monoisotopic (exact) mass is 305 g/mol. The van der Waals surface area contributed by atoms with Crippen LogP contribution in [0.1, 0.15) is 10.4 Å². The normalized spacial score (nSPS) is 10.4. The Morgan fingerprint density at radius 3 is 2.71 bits per heavy atom. The van der Waals surface area contributed by atoms with E-state index in [-0.39, 0.29) is 16.7 Å². The van der Waals surface area contributed by atoms with Gasteiger partial charge in [-0.1, -0.05) is 29.8 Å². The van der Waals surface area contributed by atoms with Crippen molar-refractivity contribution in [3.8, 4) is 16.9 Å². The van der Waals surface area contributed by atoms with E-state index < -0.39 is 0 Å². The summed E-state index contributed by atoms with van der Waals surface area (Å²) in [6, 6.07) is 12.2. The number of nitrogens with one attached hydrogen (secondary N) is 1. The van der Waals surface area contributed by atoms with Crippen LogP contribution >= 0.6 is 11.6 Å². The first-order chi connectivity index (χ1) is 10.1. The van der Waals surface area contributed by atoms with Crippen LogP contribution in [0.4, 0.5) is 0 Å². The van der Waals surface area contributed by atoms with Gasteiger partial charge in [-0.25, -0.2) is 0 Å². The van der Waals surface area contributed by atoms with Crippen LogP contribution in [0, 0.1) is 0 Å². The minimum atomic E-state index is -0.154. The summed E-state index contributed by atoms with van der Waals surface area (Å²) in [5, 5.41) is 12.5. The molecule has 0 saturated heterocycles. The number of hydrogen-bond acceptors (Lipinski definition) is 3. The van der Waals surface area contributed by atoms with Gasteiger partial charge in [0, 0.05) is 19.2 Å². The molecule has 4 nitrogen and oxygen atoms in total. The molecule has 21 heavy (non-hydrogen) atoms. The summed E-state index contributed by atoms with van der Waals surface area (Å²) < 4.78 is 4.89. The third-order valence-corrected chi connectivity index (χ3v) is 3.30. The van der Waals surface area contributed by atoms with Crippen molar-refractivity contribution in [3.63, 3.8) is 0 Å². The van der Waals surface area contributed by atoms with Gasteiger partial charge in [-0.3, -0.25) is 4.79 Å². The van der Waals surface area contributed by atoms with Crippen molar-refractivity contribution in [2.24, 2.45) is 0 Å². The first-order valence-corrected chi connectivity index (χ1v) is 6.85. The fraction of sp³-hybridized carbons (Fsp3) is 0.188. The van der Waals surface area contributed by atoms with E-state index in [0.29, 0.717) is 18.7 Å². The molecule has 2 aromatic carbocycles. The van der Waals surface area contributed by atoms with Crippen molar-refractivity contribution >= 4 is 17.5 Å². The van der Waals surface area contributed by atoms with E-state index in [2.05, 4.69) is 5.32 Å². The first-order valence-electron chi connectivity index (χ1n) is 6.48. The van der Waals surface area contributed by atoms with E-state index >= 15 is 0 Å². The van der Waals surface area contributed by atoms with Gasteiger partial charge in [0.15, 0.2) is 0 Å². The largest absolute Gasteiger partial charge is 0.506 e. The van der Waals surface area contributed by atoms with Gasteiger partial charge >= 0.3 is 0 Å². The lowest BCUT2D eigenvalue weighted by Crippen LogP contribution is -2.26. The van der Waals surface area contributed by atoms with Crippen molar-refractivity contribution in [1.29, 1.82) is 0 Å². The molecule has 0 fully saturated rings. The van der Waals surface area contributed by atoms with E-state index in [9.17, 15) is 9.90 Å². The van der Waals surface area contributed by atoms with Gasteiger partial charge in [0.05, 0.1) is 11.6 Å². The number of carbonyl (C=O) groups excluding carboxylic acids is 1. The van der Waals surface area contributed by atoms with Gasteiger partial charge in [-0.05, 0) is 35.4 Å². The fourth-order valence-electron chi connectivity index (χ4n) is 1.90. The van der Waals surface area contributed by atoms with Gasteiger partial charge in [0.2, 0.25) is 0 Å². The van der Waals surface area contributed by atoms with E-state index in [1.165, 1.54) is 6.07 Å². The molecule has 0 radical (unpaired) electrons. The Morgan fingerprint density at radius 2 is 2.00 bits per heavy atom. The topological polar surface area (TPSA) is 58.6 Å². The molecule has 2 aromatic rings. The second kappa shape index (κ2) is 7.11. The predicted molar refractivity (Wildman–Crippen MR) is 82.8 cm³/mol. The zero-order chi connectivity index (χ0) is 15.2. The molecule has 0 unspecified atom stereocenters. The van der Waals surface area contributed by atoms with Crippen LogP contribution in [0.2, 0.25) is 5.02 Å². The highest BCUT2D eigenvalue weighted by molar-refractivity contribution is 6.32. The zero-order valence-electron chi connectivity index (χ0n) is 11.6. The SMILES string of the molecule is COCCNC(=O)c1cccc(-c2ccc(O)c(Cl)c2)c1. The van der Waals surface area contributed by atoms with Crippen LogP contribution in [0.3, 0.4) is 0 Å². The minimum absolute atomic E-state index is 0.0360. The average Bonchev–Trinajstić information content (AvgIpc) is 2.50. The van der Waals surface area contributed by atoms with Crippen LogP contribution in [0.5, 0.6) is 5.75 Å². The number of carbonyl (C=O) groups is 1. The van der Waals surface area contributed by atoms with Crippen molar-refractivity contribution < 1.29 is 14.6 Å². The molecule has 0 saturated carbocycles. The third-order valence-electron chi connectivity index (χ3n) is 3.00. The van der Waals surface area contributed by atoms with E-state index in [4.69, 9.17) is 16.3 Å². The lowest BCUT2D eigenvalue weighted by atomic mass is 10.0. The van der Waals surface area contributed by atoms with Gasteiger partial charge in [-0.2, -0.15) is 0 Å². The van der Waals surface area contributed by atoms with Crippen LogP contribution < -0.4 is 5.32 Å². The summed E-state index contributed by atoms with van der Waals surface area (Å²) in [5.74, 6) is -0.118. The highest BCUT2D eigenvalue weighted by Gasteiger charge is 2.08. The molecule has 0 heterocycles. The number of methoxy groups -OCH3 is 1. The number of phenolic OH excluding ortho intramolecular Hbond substituents is 1. The Labute approximate surface area is 128 Å². The summed E-state index contributed by atoms with van der Waals surface area (Å²) in [4.78, 5) is 12.0. The van der Waals surface area contributed by atoms with Gasteiger partial charge in [-0.15, -0.1) is 0 Å². The number of ether oxygens (including phenoxy) is 1. The van der Waals surface area contributed by atoms with Gasteiger partial charge < -0.3 is 15.2 Å².